The number of benzene rings is 1. The molecule has 1 aromatic carbocycles. The highest BCUT2D eigenvalue weighted by atomic mass is 16.5. The van der Waals surface area contributed by atoms with Gasteiger partial charge in [0.1, 0.15) is 11.4 Å². The largest absolute Gasteiger partial charge is 0.496 e. The first-order valence-corrected chi connectivity index (χ1v) is 7.35. The number of rotatable bonds is 5. The normalized spacial score (nSPS) is 11.8. The standard InChI is InChI=1S/C18H22N2O2/c1-13-8-7-10-16(19-13)18(21)20(3)14(2)12-15-9-5-6-11-17(15)22-4/h5-11,14H,12H2,1-4H3/t14-/m1/s1. The summed E-state index contributed by atoms with van der Waals surface area (Å²) in [7, 11) is 3.47. The Labute approximate surface area is 131 Å². The maximum absolute atomic E-state index is 12.5. The average molecular weight is 298 g/mol. The molecular weight excluding hydrogens is 276 g/mol. The Morgan fingerprint density at radius 1 is 1.23 bits per heavy atom. The molecule has 22 heavy (non-hydrogen) atoms. The van der Waals surface area contributed by atoms with Crippen LogP contribution in [0.5, 0.6) is 5.75 Å². The lowest BCUT2D eigenvalue weighted by atomic mass is 10.0. The Morgan fingerprint density at radius 3 is 2.64 bits per heavy atom. The van der Waals surface area contributed by atoms with Crippen LogP contribution in [0.2, 0.25) is 0 Å². The topological polar surface area (TPSA) is 42.4 Å². The van der Waals surface area contributed by atoms with E-state index in [9.17, 15) is 4.79 Å². The van der Waals surface area contributed by atoms with Gasteiger partial charge in [-0.3, -0.25) is 4.79 Å². The molecule has 4 nitrogen and oxygen atoms in total. The number of carbonyl (C=O) groups excluding carboxylic acids is 1. The maximum Gasteiger partial charge on any atom is 0.272 e. The number of aryl methyl sites for hydroxylation is 1. The lowest BCUT2D eigenvalue weighted by Crippen LogP contribution is -2.37. The number of methoxy groups -OCH3 is 1. The fraction of sp³-hybridized carbons (Fsp3) is 0.333. The summed E-state index contributed by atoms with van der Waals surface area (Å²) in [6, 6.07) is 13.4. The minimum absolute atomic E-state index is 0.0473. The first-order chi connectivity index (χ1) is 10.5. The lowest BCUT2D eigenvalue weighted by molar-refractivity contribution is 0.0737. The summed E-state index contributed by atoms with van der Waals surface area (Å²) in [5.41, 5.74) is 2.42. The van der Waals surface area contributed by atoms with Crippen LogP contribution in [0.4, 0.5) is 0 Å². The van der Waals surface area contributed by atoms with Crippen molar-refractivity contribution in [3.8, 4) is 5.75 Å². The van der Waals surface area contributed by atoms with E-state index in [0.29, 0.717) is 5.69 Å². The predicted molar refractivity (Wildman–Crippen MR) is 87.2 cm³/mol. The van der Waals surface area contributed by atoms with E-state index < -0.39 is 0 Å². The number of amides is 1. The molecule has 0 saturated heterocycles. The number of hydrogen-bond donors (Lipinski definition) is 0. The van der Waals surface area contributed by atoms with Crippen molar-refractivity contribution in [2.45, 2.75) is 26.3 Å². The zero-order valence-corrected chi connectivity index (χ0v) is 13.5. The summed E-state index contributed by atoms with van der Waals surface area (Å²) < 4.78 is 5.37. The number of nitrogens with zero attached hydrogens (tertiary/aromatic N) is 2. The summed E-state index contributed by atoms with van der Waals surface area (Å²) in [6.45, 7) is 3.91. The Bertz CT molecular complexity index is 655. The second kappa shape index (κ2) is 7.07. The summed E-state index contributed by atoms with van der Waals surface area (Å²) in [5, 5.41) is 0. The van der Waals surface area contributed by atoms with Gasteiger partial charge in [-0.2, -0.15) is 0 Å². The molecule has 0 aliphatic carbocycles. The molecule has 2 rings (SSSR count). The van der Waals surface area contributed by atoms with E-state index >= 15 is 0 Å². The van der Waals surface area contributed by atoms with Gasteiger partial charge in [0.15, 0.2) is 0 Å². The molecule has 0 spiro atoms. The molecule has 0 saturated carbocycles. The van der Waals surface area contributed by atoms with Crippen LogP contribution in [-0.4, -0.2) is 36.0 Å². The van der Waals surface area contributed by atoms with E-state index in [4.69, 9.17) is 4.74 Å². The van der Waals surface area contributed by atoms with Crippen LogP contribution < -0.4 is 4.74 Å². The van der Waals surface area contributed by atoms with E-state index in [1.807, 2.05) is 57.3 Å². The molecule has 0 fully saturated rings. The van der Waals surface area contributed by atoms with E-state index in [1.165, 1.54) is 0 Å². The second-order valence-electron chi connectivity index (χ2n) is 5.45. The maximum atomic E-state index is 12.5. The fourth-order valence-corrected chi connectivity index (χ4v) is 2.37. The lowest BCUT2D eigenvalue weighted by Gasteiger charge is -2.25. The third-order valence-electron chi connectivity index (χ3n) is 3.80. The summed E-state index contributed by atoms with van der Waals surface area (Å²) in [4.78, 5) is 18.5. The Hall–Kier alpha value is -2.36. The van der Waals surface area contributed by atoms with Crippen LogP contribution >= 0.6 is 0 Å². The Morgan fingerprint density at radius 2 is 1.95 bits per heavy atom. The van der Waals surface area contributed by atoms with Crippen LogP contribution in [0.3, 0.4) is 0 Å². The Balaban J connectivity index is 2.11. The van der Waals surface area contributed by atoms with Gasteiger partial charge in [0.2, 0.25) is 0 Å². The smallest absolute Gasteiger partial charge is 0.272 e. The molecule has 0 aliphatic rings. The third kappa shape index (κ3) is 3.64. The van der Waals surface area contributed by atoms with E-state index in [2.05, 4.69) is 4.98 Å². The van der Waals surface area contributed by atoms with Gasteiger partial charge in [0.05, 0.1) is 7.11 Å². The van der Waals surface area contributed by atoms with Gasteiger partial charge in [-0.05, 0) is 44.0 Å². The van der Waals surface area contributed by atoms with E-state index in [0.717, 1.165) is 23.4 Å². The number of ether oxygens (including phenoxy) is 1. The van der Waals surface area contributed by atoms with Crippen LogP contribution in [0.15, 0.2) is 42.5 Å². The van der Waals surface area contributed by atoms with Crippen molar-refractivity contribution in [2.75, 3.05) is 14.2 Å². The van der Waals surface area contributed by atoms with Crippen molar-refractivity contribution in [1.29, 1.82) is 0 Å². The van der Waals surface area contributed by atoms with Gasteiger partial charge in [-0.25, -0.2) is 4.98 Å². The van der Waals surface area contributed by atoms with Gasteiger partial charge in [0, 0.05) is 18.8 Å². The van der Waals surface area contributed by atoms with Gasteiger partial charge in [0.25, 0.3) is 5.91 Å². The molecule has 1 atom stereocenters. The highest BCUT2D eigenvalue weighted by Gasteiger charge is 2.20. The number of aromatic nitrogens is 1. The summed E-state index contributed by atoms with van der Waals surface area (Å²) >= 11 is 0. The molecule has 1 amide bonds. The quantitative estimate of drug-likeness (QED) is 0.852. The van der Waals surface area contributed by atoms with Gasteiger partial charge < -0.3 is 9.64 Å². The summed E-state index contributed by atoms with van der Waals surface area (Å²) in [6.07, 6.45) is 0.734. The summed E-state index contributed by atoms with van der Waals surface area (Å²) in [5.74, 6) is 0.787. The number of pyridine rings is 1. The molecule has 4 heteroatoms. The van der Waals surface area contributed by atoms with Crippen LogP contribution in [0.1, 0.15) is 28.7 Å². The van der Waals surface area contributed by atoms with Crippen LogP contribution in [0, 0.1) is 6.92 Å². The fourth-order valence-electron chi connectivity index (χ4n) is 2.37. The number of carbonyl (C=O) groups is 1. The van der Waals surface area contributed by atoms with Crippen molar-refractivity contribution >= 4 is 5.91 Å². The van der Waals surface area contributed by atoms with Crippen molar-refractivity contribution in [1.82, 2.24) is 9.88 Å². The zero-order chi connectivity index (χ0) is 16.1. The van der Waals surface area contributed by atoms with Gasteiger partial charge >= 0.3 is 0 Å². The third-order valence-corrected chi connectivity index (χ3v) is 3.80. The van der Waals surface area contributed by atoms with Crippen molar-refractivity contribution < 1.29 is 9.53 Å². The minimum atomic E-state index is -0.0638. The number of hydrogen-bond acceptors (Lipinski definition) is 3. The second-order valence-corrected chi connectivity index (χ2v) is 5.45. The predicted octanol–water partition coefficient (Wildman–Crippen LogP) is 3.10. The monoisotopic (exact) mass is 298 g/mol. The number of likely N-dealkylation sites (N-methyl/N-ethyl adjacent to an activating group) is 1. The van der Waals surface area contributed by atoms with Crippen molar-refractivity contribution in [2.24, 2.45) is 0 Å². The molecule has 1 heterocycles. The number of para-hydroxylation sites is 1. The first-order valence-electron chi connectivity index (χ1n) is 7.35. The molecular formula is C18H22N2O2. The van der Waals surface area contributed by atoms with Crippen LogP contribution in [0.25, 0.3) is 0 Å². The molecule has 1 aromatic heterocycles. The molecule has 0 unspecified atom stereocenters. The van der Waals surface area contributed by atoms with E-state index in [-0.39, 0.29) is 11.9 Å². The van der Waals surface area contributed by atoms with Gasteiger partial charge in [-0.1, -0.05) is 24.3 Å². The molecule has 0 radical (unpaired) electrons. The van der Waals surface area contributed by atoms with Crippen molar-refractivity contribution in [3.63, 3.8) is 0 Å². The average Bonchev–Trinajstić information content (AvgIpc) is 2.54. The minimum Gasteiger partial charge on any atom is -0.496 e. The van der Waals surface area contributed by atoms with Crippen LogP contribution in [-0.2, 0) is 6.42 Å². The van der Waals surface area contributed by atoms with Crippen molar-refractivity contribution in [3.05, 3.63) is 59.4 Å². The SMILES string of the molecule is COc1ccccc1C[C@@H](C)N(C)C(=O)c1cccc(C)n1. The molecule has 116 valence electrons. The highest BCUT2D eigenvalue weighted by molar-refractivity contribution is 5.92. The molecule has 0 aliphatic heterocycles. The van der Waals surface area contributed by atoms with Gasteiger partial charge in [-0.15, -0.1) is 0 Å². The molecule has 0 N–H and O–H groups in total. The molecule has 0 bridgehead atoms. The zero-order valence-electron chi connectivity index (χ0n) is 13.5. The van der Waals surface area contributed by atoms with E-state index in [1.54, 1.807) is 18.1 Å². The highest BCUT2D eigenvalue weighted by Crippen LogP contribution is 2.20. The molecule has 2 aromatic rings. The first kappa shape index (κ1) is 16.0. The Kier molecular flexibility index (Phi) is 5.15.